The van der Waals surface area contributed by atoms with Crippen LogP contribution in [0.1, 0.15) is 10.5 Å². The lowest BCUT2D eigenvalue weighted by Crippen LogP contribution is -2.21. The van der Waals surface area contributed by atoms with Crippen LogP contribution in [0.5, 0.6) is 0 Å². The Balaban J connectivity index is 1.87. The van der Waals surface area contributed by atoms with Crippen LogP contribution in [0.25, 0.3) is 0 Å². The molecule has 0 fully saturated rings. The fourth-order valence-corrected chi connectivity index (χ4v) is 2.64. The van der Waals surface area contributed by atoms with Gasteiger partial charge in [0.25, 0.3) is 5.91 Å². The number of ether oxygens (including phenoxy) is 1. The largest absolute Gasteiger partial charge is 0.451 e. The smallest absolute Gasteiger partial charge is 0.358 e. The highest BCUT2D eigenvalue weighted by Crippen LogP contribution is 2.29. The van der Waals surface area contributed by atoms with Crippen molar-refractivity contribution in [2.45, 2.75) is 0 Å². The Kier molecular flexibility index (Phi) is 6.60. The predicted molar refractivity (Wildman–Crippen MR) is 96.2 cm³/mol. The third kappa shape index (κ3) is 4.95. The van der Waals surface area contributed by atoms with E-state index >= 15 is 0 Å². The molecule has 0 bridgehead atoms. The number of hydrogen-bond acceptors (Lipinski definition) is 6. The summed E-state index contributed by atoms with van der Waals surface area (Å²) in [7, 11) is 0. The number of benzene rings is 1. The van der Waals surface area contributed by atoms with E-state index in [9.17, 15) is 9.59 Å². The Labute approximate surface area is 152 Å². The van der Waals surface area contributed by atoms with Crippen LogP contribution in [0.3, 0.4) is 0 Å². The van der Waals surface area contributed by atoms with Crippen LogP contribution < -0.4 is 10.6 Å². The molecule has 0 radical (unpaired) electrons. The minimum Gasteiger partial charge on any atom is -0.451 e. The summed E-state index contributed by atoms with van der Waals surface area (Å²) in [6.45, 7) is 3.64. The van der Waals surface area contributed by atoms with Crippen LogP contribution in [0, 0.1) is 0 Å². The van der Waals surface area contributed by atoms with Crippen molar-refractivity contribution >= 4 is 57.2 Å². The molecular formula is C15H13Cl2N3O3S. The van der Waals surface area contributed by atoms with Crippen molar-refractivity contribution in [1.29, 1.82) is 0 Å². The number of halogens is 2. The lowest BCUT2D eigenvalue weighted by atomic mass is 10.3. The molecule has 1 aromatic carbocycles. The molecule has 0 unspecified atom stereocenters. The van der Waals surface area contributed by atoms with Gasteiger partial charge in [0.2, 0.25) is 0 Å². The zero-order valence-electron chi connectivity index (χ0n) is 12.3. The fourth-order valence-electron chi connectivity index (χ4n) is 1.60. The molecule has 24 heavy (non-hydrogen) atoms. The minimum atomic E-state index is -0.690. The third-order valence-corrected chi connectivity index (χ3v) is 4.29. The van der Waals surface area contributed by atoms with Crippen LogP contribution in [-0.2, 0) is 9.53 Å². The molecule has 1 amide bonds. The number of esters is 1. The minimum absolute atomic E-state index is 0.125. The van der Waals surface area contributed by atoms with E-state index in [0.29, 0.717) is 22.4 Å². The second-order valence-corrected chi connectivity index (χ2v) is 6.08. The van der Waals surface area contributed by atoms with Gasteiger partial charge in [-0.25, -0.2) is 9.78 Å². The number of hydrogen-bond donors (Lipinski definition) is 2. The van der Waals surface area contributed by atoms with Gasteiger partial charge in [-0.15, -0.1) is 17.9 Å². The standard InChI is InChI=1S/C15H13Cl2N3O3S/c1-2-6-18-15-20-11(8-24-15)14(22)23-7-12(21)19-10-5-3-4-9(16)13(10)17/h2-5,8H,1,6-7H2,(H,18,20)(H,19,21). The van der Waals surface area contributed by atoms with Gasteiger partial charge in [-0.05, 0) is 12.1 Å². The van der Waals surface area contributed by atoms with E-state index in [1.165, 1.54) is 11.3 Å². The number of carbonyl (C=O) groups excluding carboxylic acids is 2. The number of rotatable bonds is 7. The maximum Gasteiger partial charge on any atom is 0.358 e. The number of nitrogens with zero attached hydrogens (tertiary/aromatic N) is 1. The molecule has 0 aliphatic carbocycles. The molecule has 2 aromatic rings. The van der Waals surface area contributed by atoms with E-state index in [2.05, 4.69) is 22.2 Å². The molecular weight excluding hydrogens is 373 g/mol. The van der Waals surface area contributed by atoms with Crippen LogP contribution in [0.15, 0.2) is 36.2 Å². The predicted octanol–water partition coefficient (Wildman–Crippen LogP) is 3.84. The summed E-state index contributed by atoms with van der Waals surface area (Å²) >= 11 is 13.1. The van der Waals surface area contributed by atoms with Gasteiger partial charge in [0.15, 0.2) is 17.4 Å². The molecule has 0 saturated carbocycles. The van der Waals surface area contributed by atoms with E-state index in [-0.39, 0.29) is 10.7 Å². The molecule has 0 saturated heterocycles. The highest BCUT2D eigenvalue weighted by atomic mass is 35.5. The second kappa shape index (κ2) is 8.68. The summed E-state index contributed by atoms with van der Waals surface area (Å²) in [5.74, 6) is -1.22. The summed E-state index contributed by atoms with van der Waals surface area (Å²) in [6.07, 6.45) is 1.67. The van der Waals surface area contributed by atoms with Gasteiger partial charge >= 0.3 is 5.97 Å². The molecule has 2 N–H and O–H groups in total. The Morgan fingerprint density at radius 1 is 1.38 bits per heavy atom. The van der Waals surface area contributed by atoms with Gasteiger partial charge in [0.1, 0.15) is 0 Å². The number of thiazole rings is 1. The SMILES string of the molecule is C=CCNc1nc(C(=O)OCC(=O)Nc2cccc(Cl)c2Cl)cs1. The van der Waals surface area contributed by atoms with E-state index in [0.717, 1.165) is 0 Å². The van der Waals surface area contributed by atoms with Crippen molar-refractivity contribution in [3.05, 3.63) is 52.0 Å². The van der Waals surface area contributed by atoms with Crippen molar-refractivity contribution in [1.82, 2.24) is 4.98 Å². The molecule has 126 valence electrons. The third-order valence-electron chi connectivity index (χ3n) is 2.67. The first kappa shape index (κ1) is 18.3. The first-order chi connectivity index (χ1) is 11.5. The van der Waals surface area contributed by atoms with Crippen molar-refractivity contribution in [3.63, 3.8) is 0 Å². The zero-order chi connectivity index (χ0) is 17.5. The highest BCUT2D eigenvalue weighted by Gasteiger charge is 2.15. The number of amides is 1. The molecule has 1 aromatic heterocycles. The average Bonchev–Trinajstić information content (AvgIpc) is 3.04. The van der Waals surface area contributed by atoms with Crippen molar-refractivity contribution < 1.29 is 14.3 Å². The summed E-state index contributed by atoms with van der Waals surface area (Å²) in [5.41, 5.74) is 0.468. The lowest BCUT2D eigenvalue weighted by molar-refractivity contribution is -0.119. The normalized spacial score (nSPS) is 10.1. The zero-order valence-corrected chi connectivity index (χ0v) is 14.7. The molecule has 0 atom stereocenters. The van der Waals surface area contributed by atoms with Gasteiger partial charge in [-0.1, -0.05) is 35.3 Å². The Bertz CT molecular complexity index is 764. The maximum atomic E-state index is 11.9. The number of carbonyl (C=O) groups is 2. The Morgan fingerprint density at radius 2 is 2.17 bits per heavy atom. The number of aromatic nitrogens is 1. The Morgan fingerprint density at radius 3 is 2.92 bits per heavy atom. The molecule has 1 heterocycles. The lowest BCUT2D eigenvalue weighted by Gasteiger charge is -2.08. The van der Waals surface area contributed by atoms with Crippen molar-refractivity contribution in [2.24, 2.45) is 0 Å². The second-order valence-electron chi connectivity index (χ2n) is 4.43. The summed E-state index contributed by atoms with van der Waals surface area (Å²) in [4.78, 5) is 27.7. The van der Waals surface area contributed by atoms with Gasteiger partial charge in [-0.2, -0.15) is 0 Å². The topological polar surface area (TPSA) is 80.3 Å². The van der Waals surface area contributed by atoms with Gasteiger partial charge in [0, 0.05) is 11.9 Å². The molecule has 9 heteroatoms. The monoisotopic (exact) mass is 385 g/mol. The molecule has 6 nitrogen and oxygen atoms in total. The number of anilines is 2. The summed E-state index contributed by atoms with van der Waals surface area (Å²) < 4.78 is 4.92. The van der Waals surface area contributed by atoms with Crippen molar-refractivity contribution in [2.75, 3.05) is 23.8 Å². The van der Waals surface area contributed by atoms with Crippen molar-refractivity contribution in [3.8, 4) is 0 Å². The van der Waals surface area contributed by atoms with Crippen LogP contribution >= 0.6 is 34.5 Å². The maximum absolute atomic E-state index is 11.9. The van der Waals surface area contributed by atoms with Gasteiger partial charge < -0.3 is 15.4 Å². The fraction of sp³-hybridized carbons (Fsp3) is 0.133. The van der Waals surface area contributed by atoms with Crippen LogP contribution in [0.4, 0.5) is 10.8 Å². The van der Waals surface area contributed by atoms with E-state index in [1.54, 1.807) is 29.7 Å². The average molecular weight is 386 g/mol. The summed E-state index contributed by atoms with van der Waals surface area (Å²) in [5, 5.41) is 8.11. The van der Waals surface area contributed by atoms with Gasteiger partial charge in [-0.3, -0.25) is 4.79 Å². The van der Waals surface area contributed by atoms with E-state index in [4.69, 9.17) is 27.9 Å². The quantitative estimate of drug-likeness (QED) is 0.558. The molecule has 0 aliphatic rings. The van der Waals surface area contributed by atoms with E-state index < -0.39 is 18.5 Å². The first-order valence-electron chi connectivity index (χ1n) is 6.72. The molecule has 0 spiro atoms. The Hall–Kier alpha value is -2.09. The molecule has 0 aliphatic heterocycles. The van der Waals surface area contributed by atoms with Crippen LogP contribution in [0.2, 0.25) is 10.0 Å². The highest BCUT2D eigenvalue weighted by molar-refractivity contribution is 7.13. The first-order valence-corrected chi connectivity index (χ1v) is 8.36. The summed E-state index contributed by atoms with van der Waals surface area (Å²) in [6, 6.07) is 4.83. The number of nitrogens with one attached hydrogen (secondary N) is 2. The van der Waals surface area contributed by atoms with Gasteiger partial charge in [0.05, 0.1) is 15.7 Å². The van der Waals surface area contributed by atoms with Crippen LogP contribution in [-0.4, -0.2) is 30.0 Å². The van der Waals surface area contributed by atoms with E-state index in [1.807, 2.05) is 0 Å². The molecule has 2 rings (SSSR count).